The fourth-order valence-electron chi connectivity index (χ4n) is 1.93. The van der Waals surface area contributed by atoms with Crippen molar-refractivity contribution in [2.75, 3.05) is 5.73 Å². The van der Waals surface area contributed by atoms with Crippen molar-refractivity contribution >= 4 is 27.6 Å². The highest BCUT2D eigenvalue weighted by Gasteiger charge is 2.04. The van der Waals surface area contributed by atoms with Crippen LogP contribution in [0.1, 0.15) is 5.56 Å². The van der Waals surface area contributed by atoms with Gasteiger partial charge in [-0.25, -0.2) is 4.98 Å². The van der Waals surface area contributed by atoms with E-state index in [1.807, 2.05) is 12.3 Å². The summed E-state index contributed by atoms with van der Waals surface area (Å²) >= 11 is 0. The van der Waals surface area contributed by atoms with E-state index in [2.05, 4.69) is 35.1 Å². The molecular weight excluding hydrogens is 186 g/mol. The third kappa shape index (κ3) is 1.16. The topological polar surface area (TPSA) is 54.7 Å². The van der Waals surface area contributed by atoms with Crippen LogP contribution in [0.2, 0.25) is 0 Å². The number of nitrogens with two attached hydrogens (primary N) is 1. The molecule has 0 saturated heterocycles. The number of nitrogens with zero attached hydrogens (tertiary/aromatic N) is 1. The van der Waals surface area contributed by atoms with E-state index in [-0.39, 0.29) is 0 Å². The predicted molar refractivity (Wildman–Crippen MR) is 62.7 cm³/mol. The van der Waals surface area contributed by atoms with E-state index in [4.69, 9.17) is 5.73 Å². The molecule has 0 atom stereocenters. The normalized spacial score (nSPS) is 11.3. The van der Waals surface area contributed by atoms with Crippen LogP contribution in [0.4, 0.5) is 5.82 Å². The molecule has 15 heavy (non-hydrogen) atoms. The highest BCUT2D eigenvalue weighted by molar-refractivity contribution is 6.07. The lowest BCUT2D eigenvalue weighted by molar-refractivity contribution is 1.37. The molecule has 3 heteroatoms. The fraction of sp³-hybridized carbons (Fsp3) is 0.0833. The molecule has 3 nitrogen and oxygen atoms in total. The van der Waals surface area contributed by atoms with Gasteiger partial charge in [-0.05, 0) is 18.6 Å². The van der Waals surface area contributed by atoms with Crippen LogP contribution in [0.15, 0.2) is 30.5 Å². The molecule has 2 heterocycles. The van der Waals surface area contributed by atoms with Crippen molar-refractivity contribution < 1.29 is 0 Å². The maximum atomic E-state index is 5.64. The number of benzene rings is 1. The Hall–Kier alpha value is -2.03. The molecular formula is C12H11N3. The standard InChI is InChI=1S/C12H11N3/c1-7-2-3-8-9-6-14-12(13)5-11(9)15-10(8)4-7/h2-6,15H,1H3,(H2,13,14). The van der Waals surface area contributed by atoms with Crippen LogP contribution in [0.3, 0.4) is 0 Å². The molecule has 1 aromatic carbocycles. The number of rotatable bonds is 0. The first kappa shape index (κ1) is 8.29. The van der Waals surface area contributed by atoms with Crippen molar-refractivity contribution in [2.45, 2.75) is 6.92 Å². The van der Waals surface area contributed by atoms with Crippen LogP contribution in [0, 0.1) is 6.92 Å². The van der Waals surface area contributed by atoms with Gasteiger partial charge in [-0.2, -0.15) is 0 Å². The highest BCUT2D eigenvalue weighted by atomic mass is 14.8. The Bertz CT molecular complexity index is 596. The Labute approximate surface area is 86.9 Å². The van der Waals surface area contributed by atoms with E-state index >= 15 is 0 Å². The van der Waals surface area contributed by atoms with Crippen LogP contribution in [-0.2, 0) is 0 Å². The summed E-state index contributed by atoms with van der Waals surface area (Å²) in [5.41, 5.74) is 9.07. The van der Waals surface area contributed by atoms with E-state index < -0.39 is 0 Å². The fourth-order valence-corrected chi connectivity index (χ4v) is 1.93. The number of hydrogen-bond acceptors (Lipinski definition) is 2. The molecule has 74 valence electrons. The molecule has 0 spiro atoms. The smallest absolute Gasteiger partial charge is 0.125 e. The minimum absolute atomic E-state index is 0.547. The van der Waals surface area contributed by atoms with E-state index in [0.29, 0.717) is 5.82 Å². The third-order valence-corrected chi connectivity index (χ3v) is 2.66. The second-order valence-electron chi connectivity index (χ2n) is 3.83. The first-order valence-electron chi connectivity index (χ1n) is 4.87. The van der Waals surface area contributed by atoms with Crippen molar-refractivity contribution in [1.29, 1.82) is 0 Å². The van der Waals surface area contributed by atoms with Crippen molar-refractivity contribution in [3.63, 3.8) is 0 Å². The number of aryl methyl sites for hydroxylation is 1. The van der Waals surface area contributed by atoms with Gasteiger partial charge in [-0.1, -0.05) is 12.1 Å². The summed E-state index contributed by atoms with van der Waals surface area (Å²) in [6, 6.07) is 8.21. The number of aromatic amines is 1. The highest BCUT2D eigenvalue weighted by Crippen LogP contribution is 2.26. The maximum absolute atomic E-state index is 5.64. The average molecular weight is 197 g/mol. The Morgan fingerprint density at radius 3 is 2.80 bits per heavy atom. The predicted octanol–water partition coefficient (Wildman–Crippen LogP) is 2.61. The second kappa shape index (κ2) is 2.73. The molecule has 0 fully saturated rings. The quantitative estimate of drug-likeness (QED) is 0.582. The van der Waals surface area contributed by atoms with Gasteiger partial charge in [0.15, 0.2) is 0 Å². The van der Waals surface area contributed by atoms with Gasteiger partial charge in [0.1, 0.15) is 5.82 Å². The van der Waals surface area contributed by atoms with E-state index in [1.54, 1.807) is 0 Å². The van der Waals surface area contributed by atoms with Gasteiger partial charge in [-0.3, -0.25) is 0 Å². The first-order chi connectivity index (χ1) is 7.24. The zero-order valence-electron chi connectivity index (χ0n) is 8.41. The number of fused-ring (bicyclic) bond motifs is 3. The lowest BCUT2D eigenvalue weighted by Gasteiger charge is -1.93. The summed E-state index contributed by atoms with van der Waals surface area (Å²) in [7, 11) is 0. The van der Waals surface area contributed by atoms with Gasteiger partial charge in [0, 0.05) is 28.6 Å². The molecule has 2 aromatic heterocycles. The monoisotopic (exact) mass is 197 g/mol. The summed E-state index contributed by atoms with van der Waals surface area (Å²) < 4.78 is 0. The number of hydrogen-bond donors (Lipinski definition) is 2. The van der Waals surface area contributed by atoms with Gasteiger partial charge in [-0.15, -0.1) is 0 Å². The van der Waals surface area contributed by atoms with Crippen LogP contribution in [0.5, 0.6) is 0 Å². The SMILES string of the molecule is Cc1ccc2c(c1)[nH]c1cc(N)ncc12. The Balaban J connectivity index is 2.51. The molecule has 0 aliphatic heterocycles. The zero-order chi connectivity index (χ0) is 10.4. The molecule has 0 radical (unpaired) electrons. The molecule has 0 unspecified atom stereocenters. The van der Waals surface area contributed by atoms with Crippen molar-refractivity contribution in [1.82, 2.24) is 9.97 Å². The third-order valence-electron chi connectivity index (χ3n) is 2.66. The number of nitrogen functional groups attached to an aromatic ring is 1. The number of H-pyrrole nitrogens is 1. The Morgan fingerprint density at radius 1 is 1.13 bits per heavy atom. The van der Waals surface area contributed by atoms with E-state index in [0.717, 1.165) is 16.4 Å². The first-order valence-corrected chi connectivity index (χ1v) is 4.87. The van der Waals surface area contributed by atoms with Crippen LogP contribution in [-0.4, -0.2) is 9.97 Å². The summed E-state index contributed by atoms with van der Waals surface area (Å²) in [6.45, 7) is 2.08. The summed E-state index contributed by atoms with van der Waals surface area (Å²) in [5, 5.41) is 2.32. The van der Waals surface area contributed by atoms with Crippen molar-refractivity contribution in [2.24, 2.45) is 0 Å². The summed E-state index contributed by atoms with van der Waals surface area (Å²) in [5.74, 6) is 0.547. The lowest BCUT2D eigenvalue weighted by Crippen LogP contribution is -1.87. The second-order valence-corrected chi connectivity index (χ2v) is 3.83. The van der Waals surface area contributed by atoms with E-state index in [9.17, 15) is 0 Å². The van der Waals surface area contributed by atoms with E-state index in [1.165, 1.54) is 10.9 Å². The number of aromatic nitrogens is 2. The van der Waals surface area contributed by atoms with Crippen LogP contribution in [0.25, 0.3) is 21.8 Å². The minimum atomic E-state index is 0.547. The number of pyridine rings is 1. The molecule has 0 bridgehead atoms. The minimum Gasteiger partial charge on any atom is -0.384 e. The van der Waals surface area contributed by atoms with Gasteiger partial charge < -0.3 is 10.7 Å². The zero-order valence-corrected chi connectivity index (χ0v) is 8.41. The molecule has 3 N–H and O–H groups in total. The van der Waals surface area contributed by atoms with Crippen LogP contribution < -0.4 is 5.73 Å². The van der Waals surface area contributed by atoms with Gasteiger partial charge in [0.25, 0.3) is 0 Å². The Kier molecular flexibility index (Phi) is 1.51. The van der Waals surface area contributed by atoms with Gasteiger partial charge in [0.2, 0.25) is 0 Å². The summed E-state index contributed by atoms with van der Waals surface area (Å²) in [6.07, 6.45) is 1.82. The number of anilines is 1. The lowest BCUT2D eigenvalue weighted by atomic mass is 10.1. The van der Waals surface area contributed by atoms with Crippen LogP contribution >= 0.6 is 0 Å². The average Bonchev–Trinajstić information content (AvgIpc) is 2.53. The number of nitrogens with one attached hydrogen (secondary N) is 1. The molecule has 3 aromatic rings. The summed E-state index contributed by atoms with van der Waals surface area (Å²) in [4.78, 5) is 7.45. The maximum Gasteiger partial charge on any atom is 0.125 e. The van der Waals surface area contributed by atoms with Gasteiger partial charge in [0.05, 0.1) is 5.52 Å². The van der Waals surface area contributed by atoms with Crippen molar-refractivity contribution in [3.05, 3.63) is 36.0 Å². The molecule has 0 saturated carbocycles. The largest absolute Gasteiger partial charge is 0.384 e. The Morgan fingerprint density at radius 2 is 1.93 bits per heavy atom. The molecule has 0 amide bonds. The molecule has 0 aliphatic carbocycles. The van der Waals surface area contributed by atoms with Gasteiger partial charge >= 0.3 is 0 Å². The molecule has 0 aliphatic rings. The molecule has 3 rings (SSSR count). The van der Waals surface area contributed by atoms with Crippen molar-refractivity contribution in [3.8, 4) is 0 Å².